The van der Waals surface area contributed by atoms with Gasteiger partial charge in [0, 0.05) is 12.0 Å². The number of ether oxygens (including phenoxy) is 2. The van der Waals surface area contributed by atoms with Crippen LogP contribution in [0.1, 0.15) is 13.3 Å². The fourth-order valence-corrected chi connectivity index (χ4v) is 2.92. The summed E-state index contributed by atoms with van der Waals surface area (Å²) in [5, 5.41) is 20.1. The van der Waals surface area contributed by atoms with Gasteiger partial charge in [0.15, 0.2) is 0 Å². The summed E-state index contributed by atoms with van der Waals surface area (Å²) >= 11 is 0. The zero-order valence-electron chi connectivity index (χ0n) is 11.5. The van der Waals surface area contributed by atoms with Crippen molar-refractivity contribution in [3.63, 3.8) is 0 Å². The third kappa shape index (κ3) is 2.20. The van der Waals surface area contributed by atoms with Crippen LogP contribution in [0, 0.1) is 5.92 Å². The smallest absolute Gasteiger partial charge is 0.337 e. The van der Waals surface area contributed by atoms with Crippen LogP contribution in [0.3, 0.4) is 0 Å². The molecule has 0 aromatic carbocycles. The number of hydrogen-bond donors (Lipinski definition) is 2. The van der Waals surface area contributed by atoms with Crippen LogP contribution in [0.25, 0.3) is 0 Å². The second-order valence-electron chi connectivity index (χ2n) is 5.59. The lowest BCUT2D eigenvalue weighted by Gasteiger charge is -2.22. The fraction of sp³-hybridized carbons (Fsp3) is 0.467. The van der Waals surface area contributed by atoms with Gasteiger partial charge in [-0.15, -0.1) is 0 Å². The van der Waals surface area contributed by atoms with Gasteiger partial charge in [0.1, 0.15) is 12.2 Å². The van der Waals surface area contributed by atoms with Crippen LogP contribution in [0.4, 0.5) is 0 Å². The SMILES string of the molecule is C=C1C(=O)O[C@@H]2/C=C(\C)[C@@H](O)C[C@H](O)C3=C[C@@H](OC3=O)[C@@H]12. The van der Waals surface area contributed by atoms with Crippen LogP contribution in [-0.2, 0) is 19.1 Å². The normalized spacial score (nSPS) is 41.7. The van der Waals surface area contributed by atoms with E-state index in [-0.39, 0.29) is 17.6 Å². The first-order chi connectivity index (χ1) is 9.88. The Labute approximate surface area is 121 Å². The molecule has 0 saturated carbocycles. The van der Waals surface area contributed by atoms with Crippen LogP contribution < -0.4 is 0 Å². The summed E-state index contributed by atoms with van der Waals surface area (Å²) < 4.78 is 10.5. The van der Waals surface area contributed by atoms with E-state index in [0.29, 0.717) is 5.57 Å². The highest BCUT2D eigenvalue weighted by molar-refractivity contribution is 5.94. The molecular formula is C15H16O6. The number of carbonyl (C=O) groups excluding carboxylic acids is 2. The van der Waals surface area contributed by atoms with Gasteiger partial charge in [-0.05, 0) is 24.6 Å². The van der Waals surface area contributed by atoms with Crippen molar-refractivity contribution in [1.29, 1.82) is 0 Å². The molecule has 0 radical (unpaired) electrons. The van der Waals surface area contributed by atoms with E-state index < -0.39 is 42.3 Å². The van der Waals surface area contributed by atoms with E-state index in [9.17, 15) is 19.8 Å². The molecule has 3 aliphatic rings. The number of carbonyl (C=O) groups is 2. The Bertz CT molecular complexity index is 587. The molecule has 1 fully saturated rings. The molecule has 0 amide bonds. The number of aliphatic hydroxyl groups is 2. The van der Waals surface area contributed by atoms with Crippen molar-refractivity contribution in [3.8, 4) is 0 Å². The molecule has 0 spiro atoms. The number of rotatable bonds is 0. The molecule has 3 rings (SSSR count). The maximum Gasteiger partial charge on any atom is 0.337 e. The zero-order valence-corrected chi connectivity index (χ0v) is 11.5. The molecule has 2 bridgehead atoms. The minimum absolute atomic E-state index is 0.0116. The molecule has 0 aromatic heterocycles. The van der Waals surface area contributed by atoms with E-state index in [4.69, 9.17) is 9.47 Å². The first-order valence-corrected chi connectivity index (χ1v) is 6.75. The molecule has 2 heterocycles. The van der Waals surface area contributed by atoms with E-state index in [1.54, 1.807) is 13.0 Å². The van der Waals surface area contributed by atoms with Gasteiger partial charge in [-0.3, -0.25) is 0 Å². The molecule has 0 unspecified atom stereocenters. The van der Waals surface area contributed by atoms with E-state index >= 15 is 0 Å². The fourth-order valence-electron chi connectivity index (χ4n) is 2.92. The van der Waals surface area contributed by atoms with Crippen molar-refractivity contribution in [3.05, 3.63) is 35.5 Å². The summed E-state index contributed by atoms with van der Waals surface area (Å²) in [6, 6.07) is 0. The molecule has 1 saturated heterocycles. The Morgan fingerprint density at radius 3 is 2.43 bits per heavy atom. The Kier molecular flexibility index (Phi) is 3.22. The zero-order chi connectivity index (χ0) is 15.3. The summed E-state index contributed by atoms with van der Waals surface area (Å²) in [6.07, 6.45) is -0.249. The Balaban J connectivity index is 2.06. The van der Waals surface area contributed by atoms with Crippen LogP contribution in [0.2, 0.25) is 0 Å². The summed E-state index contributed by atoms with van der Waals surface area (Å²) in [4.78, 5) is 23.6. The summed E-state index contributed by atoms with van der Waals surface area (Å²) in [7, 11) is 0. The molecule has 2 N–H and O–H groups in total. The van der Waals surface area contributed by atoms with E-state index in [0.717, 1.165) is 0 Å². The monoisotopic (exact) mass is 292 g/mol. The first kappa shape index (κ1) is 14.0. The standard InChI is InChI=1S/C15H16O6/c1-6-3-11-13(7(2)14(18)20-11)12-4-8(15(19)21-12)10(17)5-9(6)16/h3-4,9-13,16-17H,2,5H2,1H3/b6-3+/t9-,10-,11+,12+,13-/m0/s1. The van der Waals surface area contributed by atoms with Gasteiger partial charge in [0.25, 0.3) is 0 Å². The van der Waals surface area contributed by atoms with Gasteiger partial charge in [0.05, 0.1) is 23.7 Å². The van der Waals surface area contributed by atoms with Crippen molar-refractivity contribution >= 4 is 11.9 Å². The molecule has 6 heteroatoms. The number of hydrogen-bond acceptors (Lipinski definition) is 6. The Hall–Kier alpha value is -1.92. The molecular weight excluding hydrogens is 276 g/mol. The average Bonchev–Trinajstić information content (AvgIpc) is 2.90. The molecule has 0 aromatic rings. The van der Waals surface area contributed by atoms with Gasteiger partial charge < -0.3 is 19.7 Å². The van der Waals surface area contributed by atoms with Crippen molar-refractivity contribution in [2.24, 2.45) is 5.92 Å². The van der Waals surface area contributed by atoms with Gasteiger partial charge in [-0.1, -0.05) is 6.58 Å². The lowest BCUT2D eigenvalue weighted by molar-refractivity contribution is -0.142. The Morgan fingerprint density at radius 2 is 1.71 bits per heavy atom. The molecule has 5 atom stereocenters. The van der Waals surface area contributed by atoms with E-state index in [1.807, 2.05) is 0 Å². The maximum absolute atomic E-state index is 11.9. The summed E-state index contributed by atoms with van der Waals surface area (Å²) in [5.41, 5.74) is 0.907. The Morgan fingerprint density at radius 1 is 1.10 bits per heavy atom. The minimum Gasteiger partial charge on any atom is -0.454 e. The highest BCUT2D eigenvalue weighted by Gasteiger charge is 2.47. The number of aliphatic hydroxyl groups excluding tert-OH is 2. The third-order valence-corrected chi connectivity index (χ3v) is 4.20. The highest BCUT2D eigenvalue weighted by atomic mass is 16.6. The van der Waals surface area contributed by atoms with E-state index in [1.165, 1.54) is 6.08 Å². The van der Waals surface area contributed by atoms with Crippen LogP contribution >= 0.6 is 0 Å². The average molecular weight is 292 g/mol. The van der Waals surface area contributed by atoms with Crippen LogP contribution in [0.15, 0.2) is 35.5 Å². The summed E-state index contributed by atoms with van der Waals surface area (Å²) in [5.74, 6) is -1.71. The number of fused-ring (bicyclic) bond motifs is 3. The van der Waals surface area contributed by atoms with E-state index in [2.05, 4.69) is 6.58 Å². The van der Waals surface area contributed by atoms with Gasteiger partial charge in [-0.2, -0.15) is 0 Å². The minimum atomic E-state index is -1.11. The molecule has 1 aliphatic carbocycles. The highest BCUT2D eigenvalue weighted by Crippen LogP contribution is 2.37. The molecule has 112 valence electrons. The predicted molar refractivity (Wildman–Crippen MR) is 70.9 cm³/mol. The second kappa shape index (κ2) is 4.82. The molecule has 21 heavy (non-hydrogen) atoms. The van der Waals surface area contributed by atoms with Gasteiger partial charge in [-0.25, -0.2) is 9.59 Å². The molecule has 2 aliphatic heterocycles. The number of esters is 2. The van der Waals surface area contributed by atoms with Crippen molar-refractivity contribution in [2.45, 2.75) is 37.8 Å². The molecule has 6 nitrogen and oxygen atoms in total. The van der Waals surface area contributed by atoms with Crippen LogP contribution in [-0.4, -0.2) is 46.6 Å². The largest absolute Gasteiger partial charge is 0.454 e. The third-order valence-electron chi connectivity index (χ3n) is 4.20. The lowest BCUT2D eigenvalue weighted by Crippen LogP contribution is -2.29. The maximum atomic E-state index is 11.9. The quantitative estimate of drug-likeness (QED) is 0.371. The van der Waals surface area contributed by atoms with Gasteiger partial charge >= 0.3 is 11.9 Å². The first-order valence-electron chi connectivity index (χ1n) is 6.75. The van der Waals surface area contributed by atoms with Crippen molar-refractivity contribution < 1.29 is 29.3 Å². The van der Waals surface area contributed by atoms with Crippen LogP contribution in [0.5, 0.6) is 0 Å². The topological polar surface area (TPSA) is 93.1 Å². The predicted octanol–water partition coefficient (Wildman–Crippen LogP) is 0.00780. The van der Waals surface area contributed by atoms with Crippen molar-refractivity contribution in [1.82, 2.24) is 0 Å². The summed E-state index contributed by atoms with van der Waals surface area (Å²) in [6.45, 7) is 5.39. The van der Waals surface area contributed by atoms with Gasteiger partial charge in [0.2, 0.25) is 0 Å². The second-order valence-corrected chi connectivity index (χ2v) is 5.59. The van der Waals surface area contributed by atoms with Crippen molar-refractivity contribution in [2.75, 3.05) is 0 Å². The lowest BCUT2D eigenvalue weighted by atomic mass is 9.87.